The summed E-state index contributed by atoms with van der Waals surface area (Å²) in [5.74, 6) is -0.191. The molecule has 4 rings (SSSR count). The fourth-order valence-corrected chi connectivity index (χ4v) is 6.18. The Labute approximate surface area is 207 Å². The van der Waals surface area contributed by atoms with Crippen molar-refractivity contribution in [3.63, 3.8) is 0 Å². The summed E-state index contributed by atoms with van der Waals surface area (Å²) in [6, 6.07) is 15.8. The Kier molecular flexibility index (Phi) is 8.54. The van der Waals surface area contributed by atoms with Gasteiger partial charge in [-0.25, -0.2) is 8.42 Å². The number of anilines is 2. The van der Waals surface area contributed by atoms with E-state index in [2.05, 4.69) is 10.6 Å². The van der Waals surface area contributed by atoms with Crippen molar-refractivity contribution in [1.29, 1.82) is 0 Å². The third-order valence-corrected chi connectivity index (χ3v) is 8.62. The Morgan fingerprint density at radius 1 is 0.771 bits per heavy atom. The van der Waals surface area contributed by atoms with Crippen LogP contribution < -0.4 is 10.6 Å². The summed E-state index contributed by atoms with van der Waals surface area (Å²) in [6.07, 6.45) is 5.32. The van der Waals surface area contributed by atoms with Crippen LogP contribution in [0.2, 0.25) is 0 Å². The first kappa shape index (κ1) is 25.3. The minimum atomic E-state index is -3.51. The maximum Gasteiger partial charge on any atom is 0.243 e. The number of rotatable bonds is 7. The first-order chi connectivity index (χ1) is 16.9. The van der Waals surface area contributed by atoms with Crippen LogP contribution in [0.15, 0.2) is 59.5 Å². The van der Waals surface area contributed by atoms with Crippen LogP contribution in [0.5, 0.6) is 0 Å². The number of sulfonamides is 1. The van der Waals surface area contributed by atoms with E-state index in [0.717, 1.165) is 31.4 Å². The fraction of sp³-hybridized carbons (Fsp3) is 0.462. The molecule has 188 valence electrons. The summed E-state index contributed by atoms with van der Waals surface area (Å²) in [4.78, 5) is 27.3. The zero-order valence-electron chi connectivity index (χ0n) is 20.0. The molecule has 0 aliphatic carbocycles. The van der Waals surface area contributed by atoms with E-state index in [-0.39, 0.29) is 29.2 Å². The van der Waals surface area contributed by atoms with Gasteiger partial charge in [0.2, 0.25) is 21.8 Å². The summed E-state index contributed by atoms with van der Waals surface area (Å²) in [5, 5.41) is 5.81. The molecule has 9 heteroatoms. The Morgan fingerprint density at radius 2 is 1.37 bits per heavy atom. The smallest absolute Gasteiger partial charge is 0.243 e. The van der Waals surface area contributed by atoms with Crippen molar-refractivity contribution in [3.05, 3.63) is 54.6 Å². The lowest BCUT2D eigenvalue weighted by atomic mass is 9.96. The molecule has 0 atom stereocenters. The predicted molar refractivity (Wildman–Crippen MR) is 137 cm³/mol. The van der Waals surface area contributed by atoms with Crippen LogP contribution in [0, 0.1) is 5.92 Å². The fourth-order valence-electron chi connectivity index (χ4n) is 4.66. The molecule has 2 aliphatic heterocycles. The maximum absolute atomic E-state index is 12.9. The lowest BCUT2D eigenvalue weighted by molar-refractivity contribution is -0.121. The molecule has 0 saturated carbocycles. The largest absolute Gasteiger partial charge is 0.326 e. The van der Waals surface area contributed by atoms with Crippen molar-refractivity contribution in [3.8, 4) is 0 Å². The summed E-state index contributed by atoms with van der Waals surface area (Å²) in [5.41, 5.74) is 1.37. The standard InChI is InChI=1S/C26H34N4O4S/c31-25(20-29-18-14-21(15-19-29)26(32)28-22-8-4-3-5-9-22)27-23-10-12-24(13-11-23)35(33,34)30-16-6-1-2-7-17-30/h3-5,8-13,21H,1-2,6-7,14-20H2,(H,27,31)(H,28,32). The second-order valence-corrected chi connectivity index (χ2v) is 11.2. The van der Waals surface area contributed by atoms with Crippen molar-refractivity contribution in [2.75, 3.05) is 43.4 Å². The van der Waals surface area contributed by atoms with Gasteiger partial charge in [0.25, 0.3) is 0 Å². The molecule has 2 saturated heterocycles. The van der Waals surface area contributed by atoms with E-state index >= 15 is 0 Å². The van der Waals surface area contributed by atoms with Crippen molar-refractivity contribution in [1.82, 2.24) is 9.21 Å². The Bertz CT molecular complexity index is 1090. The average molecular weight is 499 g/mol. The first-order valence-electron chi connectivity index (χ1n) is 12.4. The Balaban J connectivity index is 1.23. The highest BCUT2D eigenvalue weighted by Gasteiger charge is 2.27. The minimum Gasteiger partial charge on any atom is -0.326 e. The molecule has 8 nitrogen and oxygen atoms in total. The number of nitrogens with one attached hydrogen (secondary N) is 2. The highest BCUT2D eigenvalue weighted by Crippen LogP contribution is 2.22. The number of carbonyl (C=O) groups excluding carboxylic acids is 2. The molecule has 2 amide bonds. The van der Waals surface area contributed by atoms with Gasteiger partial charge >= 0.3 is 0 Å². The number of nitrogens with zero attached hydrogens (tertiary/aromatic N) is 2. The van der Waals surface area contributed by atoms with Gasteiger partial charge in [0.15, 0.2) is 0 Å². The highest BCUT2D eigenvalue weighted by atomic mass is 32.2. The van der Waals surface area contributed by atoms with Gasteiger partial charge in [-0.1, -0.05) is 31.0 Å². The number of benzene rings is 2. The second-order valence-electron chi connectivity index (χ2n) is 9.30. The molecule has 2 aromatic rings. The molecule has 2 N–H and O–H groups in total. The van der Waals surface area contributed by atoms with Gasteiger partial charge in [-0.15, -0.1) is 0 Å². The third-order valence-electron chi connectivity index (χ3n) is 6.71. The average Bonchev–Trinajstić information content (AvgIpc) is 3.16. The molecule has 0 radical (unpaired) electrons. The van der Waals surface area contributed by atoms with Gasteiger partial charge in [0, 0.05) is 30.4 Å². The zero-order valence-corrected chi connectivity index (χ0v) is 20.8. The van der Waals surface area contributed by atoms with Gasteiger partial charge < -0.3 is 10.6 Å². The molecular weight excluding hydrogens is 464 g/mol. The van der Waals surface area contributed by atoms with Crippen molar-refractivity contribution < 1.29 is 18.0 Å². The van der Waals surface area contributed by atoms with E-state index in [0.29, 0.717) is 44.7 Å². The number of amides is 2. The summed E-state index contributed by atoms with van der Waals surface area (Å²) in [6.45, 7) is 2.71. The van der Waals surface area contributed by atoms with E-state index in [1.807, 2.05) is 35.2 Å². The van der Waals surface area contributed by atoms with Crippen LogP contribution in [0.4, 0.5) is 11.4 Å². The number of piperidine rings is 1. The molecule has 0 aromatic heterocycles. The molecule has 2 aliphatic rings. The molecule has 0 bridgehead atoms. The van der Waals surface area contributed by atoms with Crippen molar-refractivity contribution >= 4 is 33.2 Å². The lowest BCUT2D eigenvalue weighted by Gasteiger charge is -2.30. The van der Waals surface area contributed by atoms with Crippen LogP contribution in [-0.2, 0) is 19.6 Å². The first-order valence-corrected chi connectivity index (χ1v) is 13.8. The van der Waals surface area contributed by atoms with Gasteiger partial charge in [-0.2, -0.15) is 4.31 Å². The predicted octanol–water partition coefficient (Wildman–Crippen LogP) is 3.54. The highest BCUT2D eigenvalue weighted by molar-refractivity contribution is 7.89. The molecular formula is C26H34N4O4S. The zero-order chi connectivity index (χ0) is 24.7. The number of carbonyl (C=O) groups is 2. The SMILES string of the molecule is O=C(CN1CCC(C(=O)Nc2ccccc2)CC1)Nc1ccc(S(=O)(=O)N2CCCCCC2)cc1. The van der Waals surface area contributed by atoms with Crippen LogP contribution >= 0.6 is 0 Å². The molecule has 2 fully saturated rings. The molecule has 0 spiro atoms. The van der Waals surface area contributed by atoms with Crippen molar-refractivity contribution in [2.24, 2.45) is 5.92 Å². The maximum atomic E-state index is 12.9. The monoisotopic (exact) mass is 498 g/mol. The Morgan fingerprint density at radius 3 is 2.00 bits per heavy atom. The minimum absolute atomic E-state index is 0.0236. The number of hydrogen-bond acceptors (Lipinski definition) is 5. The van der Waals surface area contributed by atoms with Crippen LogP contribution in [0.25, 0.3) is 0 Å². The quantitative estimate of drug-likeness (QED) is 0.608. The Hall–Kier alpha value is -2.75. The number of para-hydroxylation sites is 1. The summed E-state index contributed by atoms with van der Waals surface area (Å²) < 4.78 is 27.4. The number of hydrogen-bond donors (Lipinski definition) is 2. The van der Waals surface area contributed by atoms with E-state index in [1.54, 1.807) is 28.6 Å². The molecule has 0 unspecified atom stereocenters. The van der Waals surface area contributed by atoms with Gasteiger partial charge in [0.05, 0.1) is 11.4 Å². The normalized spacial score (nSPS) is 18.5. The lowest BCUT2D eigenvalue weighted by Crippen LogP contribution is -2.41. The van der Waals surface area contributed by atoms with E-state index in [1.165, 1.54) is 0 Å². The van der Waals surface area contributed by atoms with Crippen LogP contribution in [0.1, 0.15) is 38.5 Å². The second kappa shape index (κ2) is 11.8. The van der Waals surface area contributed by atoms with Gasteiger partial charge in [-0.3, -0.25) is 14.5 Å². The molecule has 2 heterocycles. The topological polar surface area (TPSA) is 98.8 Å². The number of likely N-dealkylation sites (tertiary alicyclic amines) is 1. The van der Waals surface area contributed by atoms with E-state index < -0.39 is 10.0 Å². The third kappa shape index (κ3) is 6.90. The van der Waals surface area contributed by atoms with E-state index in [9.17, 15) is 18.0 Å². The van der Waals surface area contributed by atoms with Gasteiger partial charge in [0.1, 0.15) is 0 Å². The van der Waals surface area contributed by atoms with Gasteiger partial charge in [-0.05, 0) is 75.2 Å². The van der Waals surface area contributed by atoms with Crippen LogP contribution in [-0.4, -0.2) is 62.2 Å². The van der Waals surface area contributed by atoms with E-state index in [4.69, 9.17) is 0 Å². The molecule has 35 heavy (non-hydrogen) atoms. The summed E-state index contributed by atoms with van der Waals surface area (Å²) in [7, 11) is -3.51. The summed E-state index contributed by atoms with van der Waals surface area (Å²) >= 11 is 0. The molecule has 2 aromatic carbocycles. The van der Waals surface area contributed by atoms with Crippen LogP contribution in [0.3, 0.4) is 0 Å². The van der Waals surface area contributed by atoms with Crippen molar-refractivity contribution in [2.45, 2.75) is 43.4 Å².